The van der Waals surface area contributed by atoms with Crippen LogP contribution in [0.25, 0.3) is 0 Å². The molecule has 0 heterocycles. The van der Waals surface area contributed by atoms with Gasteiger partial charge in [0.1, 0.15) is 0 Å². The van der Waals surface area contributed by atoms with Crippen molar-refractivity contribution >= 4 is 104 Å². The molecule has 0 unspecified atom stereocenters. The smallest absolute Gasteiger partial charge is 0 e. The van der Waals surface area contributed by atoms with Crippen molar-refractivity contribution in [3.63, 3.8) is 0 Å². The first-order valence-corrected chi connectivity index (χ1v) is 0. The van der Waals surface area contributed by atoms with Crippen molar-refractivity contribution < 1.29 is 21.7 Å². The van der Waals surface area contributed by atoms with Crippen LogP contribution in [0.2, 0.25) is 0 Å². The van der Waals surface area contributed by atoms with Crippen LogP contribution in [0, 0.1) is 0 Å². The van der Waals surface area contributed by atoms with Crippen LogP contribution < -0.4 is 0 Å². The fraction of sp³-hybridized carbons (Fsp3) is 0. The third-order valence-electron chi connectivity index (χ3n) is 0. The molecule has 4 heteroatoms. The van der Waals surface area contributed by atoms with E-state index in [2.05, 4.69) is 0 Å². The van der Waals surface area contributed by atoms with Crippen LogP contribution in [-0.4, -0.2) is 94.4 Å². The predicted molar refractivity (Wildman–Crippen MR) is 18.4 cm³/mol. The van der Waals surface area contributed by atoms with Gasteiger partial charge in [0.2, 0.25) is 0 Å². The van der Waals surface area contributed by atoms with Crippen molar-refractivity contribution in [2.45, 2.75) is 0 Å². The molecule has 0 fully saturated rings. The molecule has 0 nitrogen and oxygen atoms in total. The van der Waals surface area contributed by atoms with Crippen molar-refractivity contribution in [1.82, 2.24) is 0 Å². The summed E-state index contributed by atoms with van der Waals surface area (Å²) in [5.41, 5.74) is 0. The van der Waals surface area contributed by atoms with Crippen LogP contribution in [-0.2, 0) is 21.7 Å². The summed E-state index contributed by atoms with van der Waals surface area (Å²) < 4.78 is 0. The Hall–Kier alpha value is 4.20. The molecule has 0 rings (SSSR count). The SMILES string of the molecule is [Ba].[P].[Sr].[Ti]. The average molecular weight is 304 g/mol. The Morgan fingerprint density at radius 1 is 1.00 bits per heavy atom. The van der Waals surface area contributed by atoms with Gasteiger partial charge in [0.25, 0.3) is 0 Å². The van der Waals surface area contributed by atoms with Gasteiger partial charge in [-0.25, -0.2) is 0 Å². The van der Waals surface area contributed by atoms with Crippen molar-refractivity contribution in [3.8, 4) is 0 Å². The fourth-order valence-electron chi connectivity index (χ4n) is 0. The molecule has 0 bridgehead atoms. The summed E-state index contributed by atoms with van der Waals surface area (Å²) >= 11 is 0. The molecule has 0 aliphatic rings. The van der Waals surface area contributed by atoms with Crippen LogP contribution >= 0.6 is 9.90 Å². The second-order valence-corrected chi connectivity index (χ2v) is 0. The summed E-state index contributed by atoms with van der Waals surface area (Å²) in [6.45, 7) is 0. The standard InChI is InChI=1S/Ba.P.Sr.Ti. The molecular weight excluding hydrogens is 304 g/mol. The summed E-state index contributed by atoms with van der Waals surface area (Å²) in [5, 5.41) is 0. The van der Waals surface area contributed by atoms with Gasteiger partial charge in [0.05, 0.1) is 0 Å². The molecule has 0 saturated heterocycles. The minimum atomic E-state index is 0. The van der Waals surface area contributed by atoms with Crippen molar-refractivity contribution in [2.24, 2.45) is 0 Å². The van der Waals surface area contributed by atoms with E-state index < -0.39 is 0 Å². The minimum Gasteiger partial charge on any atom is 0 e. The van der Waals surface area contributed by atoms with Crippen LogP contribution in [0.15, 0.2) is 0 Å². The van der Waals surface area contributed by atoms with Gasteiger partial charge in [-0.3, -0.25) is 0 Å². The van der Waals surface area contributed by atoms with Crippen LogP contribution in [0.3, 0.4) is 0 Å². The van der Waals surface area contributed by atoms with E-state index in [9.17, 15) is 0 Å². The van der Waals surface area contributed by atoms with E-state index in [1.807, 2.05) is 0 Å². The molecule has 0 aliphatic carbocycles. The number of hydrogen-bond donors (Lipinski definition) is 0. The molecule has 0 atom stereocenters. The maximum atomic E-state index is 0. The third kappa shape index (κ3) is 9.50. The van der Waals surface area contributed by atoms with E-state index >= 15 is 0 Å². The van der Waals surface area contributed by atoms with Crippen molar-refractivity contribution in [3.05, 3.63) is 0 Å². The first kappa shape index (κ1) is 24.1. The van der Waals surface area contributed by atoms with Crippen LogP contribution in [0.4, 0.5) is 0 Å². The first-order chi connectivity index (χ1) is 0. The number of rotatable bonds is 0. The Kier molecular flexibility index (Phi) is 94.6. The van der Waals surface area contributed by atoms with Gasteiger partial charge < -0.3 is 0 Å². The summed E-state index contributed by atoms with van der Waals surface area (Å²) in [7, 11) is 0. The minimum absolute atomic E-state index is 0. The maximum Gasteiger partial charge on any atom is 0 e. The zero-order valence-corrected chi connectivity index (χ0v) is 12.7. The Labute approximate surface area is 122 Å². The first-order valence-electron chi connectivity index (χ1n) is 0. The van der Waals surface area contributed by atoms with E-state index in [1.54, 1.807) is 0 Å². The Bertz CT molecular complexity index is 8.00. The summed E-state index contributed by atoms with van der Waals surface area (Å²) in [5.74, 6) is 0. The van der Waals surface area contributed by atoms with E-state index in [1.165, 1.54) is 0 Å². The monoisotopic (exact) mass is 305 g/mol. The molecule has 0 aromatic rings. The van der Waals surface area contributed by atoms with Crippen LogP contribution in [0.1, 0.15) is 0 Å². The van der Waals surface area contributed by atoms with E-state index in [0.717, 1.165) is 0 Å². The van der Waals surface area contributed by atoms with Gasteiger partial charge in [0.15, 0.2) is 0 Å². The predicted octanol–water partition coefficient (Wildman–Crippen LogP) is 0.0971. The summed E-state index contributed by atoms with van der Waals surface area (Å²) in [6.07, 6.45) is 0. The molecular formula is BaPSrTi. The fourth-order valence-corrected chi connectivity index (χ4v) is 0. The normalized spacial score (nSPS) is 0. The Morgan fingerprint density at radius 2 is 1.00 bits per heavy atom. The zero-order chi connectivity index (χ0) is 0. The number of hydrogen-bond acceptors (Lipinski definition) is 0. The summed E-state index contributed by atoms with van der Waals surface area (Å²) in [4.78, 5) is 0. The van der Waals surface area contributed by atoms with Gasteiger partial charge in [0, 0.05) is 126 Å². The van der Waals surface area contributed by atoms with Crippen molar-refractivity contribution in [1.29, 1.82) is 0 Å². The van der Waals surface area contributed by atoms with Gasteiger partial charge in [-0.15, -0.1) is 0 Å². The topological polar surface area (TPSA) is 0 Å². The second kappa shape index (κ2) is 15.7. The van der Waals surface area contributed by atoms with E-state index in [-0.39, 0.29) is 126 Å². The Balaban J connectivity index is 0. The zero-order valence-electron chi connectivity index (χ0n) is 2.36. The molecule has 0 amide bonds. The second-order valence-electron chi connectivity index (χ2n) is 0. The quantitative estimate of drug-likeness (QED) is 0.440. The average Bonchev–Trinajstić information content (AvgIpc) is 0. The molecule has 0 aliphatic heterocycles. The van der Waals surface area contributed by atoms with E-state index in [0.29, 0.717) is 0 Å². The molecule has 0 N–H and O–H groups in total. The molecule has 0 aromatic carbocycles. The van der Waals surface area contributed by atoms with Gasteiger partial charge in [-0.2, -0.15) is 0 Å². The van der Waals surface area contributed by atoms with E-state index in [4.69, 9.17) is 0 Å². The molecule has 4 heavy (non-hydrogen) atoms. The van der Waals surface area contributed by atoms with Crippen molar-refractivity contribution in [2.75, 3.05) is 0 Å². The maximum absolute atomic E-state index is 0. The largest absolute Gasteiger partial charge is 0 e. The molecule has 0 spiro atoms. The third-order valence-corrected chi connectivity index (χ3v) is 0. The molecule has 0 aromatic heterocycles. The van der Waals surface area contributed by atoms with Gasteiger partial charge in [-0.05, 0) is 0 Å². The Morgan fingerprint density at radius 3 is 1.00 bits per heavy atom. The van der Waals surface area contributed by atoms with Gasteiger partial charge in [-0.1, -0.05) is 0 Å². The molecule has 7 radical (unpaired) electrons. The molecule has 13 valence electrons. The van der Waals surface area contributed by atoms with Crippen LogP contribution in [0.5, 0.6) is 0 Å². The summed E-state index contributed by atoms with van der Waals surface area (Å²) in [6, 6.07) is 0. The molecule has 0 saturated carbocycles. The van der Waals surface area contributed by atoms with Gasteiger partial charge >= 0.3 is 0 Å².